The summed E-state index contributed by atoms with van der Waals surface area (Å²) in [5.74, 6) is 2.59. The number of carbonyl (C=O) groups excluding carboxylic acids is 1. The number of amides is 1. The highest BCUT2D eigenvalue weighted by molar-refractivity contribution is 7.99. The summed E-state index contributed by atoms with van der Waals surface area (Å²) in [5.41, 5.74) is 2.30. The summed E-state index contributed by atoms with van der Waals surface area (Å²) in [6, 6.07) is 15.7. The summed E-state index contributed by atoms with van der Waals surface area (Å²) in [6.07, 6.45) is 2.62. The number of hydrogen-bond acceptors (Lipinski definition) is 5. The first-order chi connectivity index (χ1) is 15.6. The van der Waals surface area contributed by atoms with Crippen LogP contribution in [0.4, 0.5) is 0 Å². The monoisotopic (exact) mass is 506 g/mol. The summed E-state index contributed by atoms with van der Waals surface area (Å²) in [7, 11) is 0. The Kier molecular flexibility index (Phi) is 9.99. The molecule has 2 aromatic carbocycles. The van der Waals surface area contributed by atoms with Gasteiger partial charge < -0.3 is 9.88 Å². The number of aromatic nitrogens is 3. The molecule has 9 heteroatoms. The minimum absolute atomic E-state index is 0.0189. The lowest BCUT2D eigenvalue weighted by Crippen LogP contribution is -2.27. The van der Waals surface area contributed by atoms with Crippen LogP contribution in [-0.4, -0.2) is 33.0 Å². The fraction of sp³-hybridized carbons (Fsp3) is 0.261. The Morgan fingerprint density at radius 3 is 2.62 bits per heavy atom. The average Bonchev–Trinajstić information content (AvgIpc) is 3.17. The molecule has 0 aliphatic heterocycles. The van der Waals surface area contributed by atoms with E-state index in [0.29, 0.717) is 39.8 Å². The highest BCUT2D eigenvalue weighted by Crippen LogP contribution is 2.26. The van der Waals surface area contributed by atoms with Crippen molar-refractivity contribution in [3.8, 4) is 0 Å². The van der Waals surface area contributed by atoms with Crippen molar-refractivity contribution in [1.29, 1.82) is 0 Å². The van der Waals surface area contributed by atoms with Crippen molar-refractivity contribution in [3.05, 3.63) is 88.2 Å². The lowest BCUT2D eigenvalue weighted by Gasteiger charge is -2.08. The molecule has 0 fully saturated rings. The molecular weight excluding hydrogens is 483 g/mol. The Morgan fingerprint density at radius 2 is 1.88 bits per heavy atom. The maximum Gasteiger partial charge on any atom is 0.230 e. The van der Waals surface area contributed by atoms with Crippen LogP contribution in [0.15, 0.2) is 66.3 Å². The number of rotatable bonds is 12. The normalized spacial score (nSPS) is 10.8. The van der Waals surface area contributed by atoms with Crippen LogP contribution >= 0.6 is 46.7 Å². The zero-order chi connectivity index (χ0) is 22.8. The van der Waals surface area contributed by atoms with Gasteiger partial charge in [-0.05, 0) is 29.7 Å². The molecule has 32 heavy (non-hydrogen) atoms. The van der Waals surface area contributed by atoms with Crippen LogP contribution < -0.4 is 5.32 Å². The summed E-state index contributed by atoms with van der Waals surface area (Å²) in [5, 5.41) is 13.4. The fourth-order valence-corrected chi connectivity index (χ4v) is 4.94. The smallest absolute Gasteiger partial charge is 0.230 e. The Bertz CT molecular complexity index is 1040. The van der Waals surface area contributed by atoms with Crippen molar-refractivity contribution in [2.75, 3.05) is 12.3 Å². The summed E-state index contributed by atoms with van der Waals surface area (Å²) in [4.78, 5) is 12.2. The second-order valence-electron chi connectivity index (χ2n) is 6.91. The predicted octanol–water partition coefficient (Wildman–Crippen LogP) is 5.66. The number of halogens is 2. The van der Waals surface area contributed by atoms with Gasteiger partial charge in [0.25, 0.3) is 0 Å². The van der Waals surface area contributed by atoms with E-state index in [9.17, 15) is 4.79 Å². The summed E-state index contributed by atoms with van der Waals surface area (Å²) in [6.45, 7) is 5.03. The highest BCUT2D eigenvalue weighted by Gasteiger charge is 2.14. The molecule has 0 saturated heterocycles. The Morgan fingerprint density at radius 1 is 1.06 bits per heavy atom. The van der Waals surface area contributed by atoms with E-state index in [-0.39, 0.29) is 5.91 Å². The van der Waals surface area contributed by atoms with Gasteiger partial charge in [-0.2, -0.15) is 0 Å². The quantitative estimate of drug-likeness (QED) is 0.253. The van der Waals surface area contributed by atoms with Gasteiger partial charge in [0.1, 0.15) is 5.82 Å². The van der Waals surface area contributed by atoms with E-state index in [4.69, 9.17) is 23.2 Å². The lowest BCUT2D eigenvalue weighted by molar-refractivity contribution is -0.118. The first-order valence-corrected chi connectivity index (χ1v) is 12.9. The van der Waals surface area contributed by atoms with E-state index in [1.807, 2.05) is 34.9 Å². The molecule has 168 valence electrons. The van der Waals surface area contributed by atoms with Gasteiger partial charge in [-0.25, -0.2) is 0 Å². The van der Waals surface area contributed by atoms with Crippen molar-refractivity contribution in [1.82, 2.24) is 20.1 Å². The number of nitrogens with one attached hydrogen (secondary N) is 1. The van der Waals surface area contributed by atoms with Gasteiger partial charge >= 0.3 is 0 Å². The van der Waals surface area contributed by atoms with Gasteiger partial charge in [0.2, 0.25) is 5.91 Å². The topological polar surface area (TPSA) is 59.8 Å². The first-order valence-electron chi connectivity index (χ1n) is 10.0. The second kappa shape index (κ2) is 12.9. The zero-order valence-corrected chi connectivity index (χ0v) is 20.6. The van der Waals surface area contributed by atoms with Crippen molar-refractivity contribution in [3.63, 3.8) is 0 Å². The van der Waals surface area contributed by atoms with Crippen molar-refractivity contribution in [2.24, 2.45) is 0 Å². The third-order valence-electron chi connectivity index (χ3n) is 4.50. The SMILES string of the molecule is C=CCn1c(CSCc2ccc(Cl)c(Cl)c2)nnc1SCC(=O)NCCc1ccccc1. The van der Waals surface area contributed by atoms with Gasteiger partial charge in [0.15, 0.2) is 5.16 Å². The highest BCUT2D eigenvalue weighted by atomic mass is 35.5. The Balaban J connectivity index is 1.48. The number of hydrogen-bond donors (Lipinski definition) is 1. The van der Waals surface area contributed by atoms with Crippen molar-refractivity contribution >= 4 is 52.6 Å². The third kappa shape index (κ3) is 7.59. The number of nitrogens with zero attached hydrogens (tertiary/aromatic N) is 3. The van der Waals surface area contributed by atoms with Gasteiger partial charge in [-0.15, -0.1) is 28.5 Å². The van der Waals surface area contributed by atoms with Gasteiger partial charge in [0.05, 0.1) is 21.6 Å². The molecule has 0 atom stereocenters. The van der Waals surface area contributed by atoms with Crippen LogP contribution in [-0.2, 0) is 29.3 Å². The standard InChI is InChI=1S/C23H24Cl2N4OS2/c1-2-12-29-21(15-31-14-18-8-9-19(24)20(25)13-18)27-28-23(29)32-16-22(30)26-11-10-17-6-4-3-5-7-17/h2-9,13H,1,10-12,14-16H2,(H,26,30). The second-order valence-corrected chi connectivity index (χ2v) is 9.66. The minimum atomic E-state index is -0.0189. The van der Waals surface area contributed by atoms with E-state index < -0.39 is 0 Å². The van der Waals surface area contributed by atoms with Gasteiger partial charge in [-0.3, -0.25) is 4.79 Å². The molecule has 0 unspecified atom stereocenters. The van der Waals surface area contributed by atoms with Crippen LogP contribution in [0.3, 0.4) is 0 Å². The Labute approximate surface area is 207 Å². The maximum atomic E-state index is 12.2. The van der Waals surface area contributed by atoms with Crippen LogP contribution in [0.25, 0.3) is 0 Å². The largest absolute Gasteiger partial charge is 0.355 e. The van der Waals surface area contributed by atoms with E-state index in [1.165, 1.54) is 17.3 Å². The molecule has 0 saturated carbocycles. The van der Waals surface area contributed by atoms with E-state index >= 15 is 0 Å². The lowest BCUT2D eigenvalue weighted by atomic mass is 10.1. The van der Waals surface area contributed by atoms with Crippen LogP contribution in [0.2, 0.25) is 10.0 Å². The molecule has 0 radical (unpaired) electrons. The molecule has 5 nitrogen and oxygen atoms in total. The van der Waals surface area contributed by atoms with Crippen LogP contribution in [0, 0.1) is 0 Å². The van der Waals surface area contributed by atoms with Crippen molar-refractivity contribution in [2.45, 2.75) is 29.6 Å². The summed E-state index contributed by atoms with van der Waals surface area (Å²) < 4.78 is 2.00. The predicted molar refractivity (Wildman–Crippen MR) is 136 cm³/mol. The number of thioether (sulfide) groups is 2. The summed E-state index contributed by atoms with van der Waals surface area (Å²) >= 11 is 15.2. The molecule has 0 aliphatic rings. The molecule has 0 bridgehead atoms. The van der Waals surface area contributed by atoms with Crippen molar-refractivity contribution < 1.29 is 4.79 Å². The minimum Gasteiger partial charge on any atom is -0.355 e. The molecule has 0 aliphatic carbocycles. The molecule has 1 aromatic heterocycles. The van der Waals surface area contributed by atoms with E-state index in [1.54, 1.807) is 23.9 Å². The molecule has 1 heterocycles. The van der Waals surface area contributed by atoms with Gasteiger partial charge in [-0.1, -0.05) is 77.4 Å². The van der Waals surface area contributed by atoms with E-state index in [0.717, 1.165) is 23.6 Å². The maximum absolute atomic E-state index is 12.2. The van der Waals surface area contributed by atoms with Crippen LogP contribution in [0.1, 0.15) is 17.0 Å². The molecule has 1 N–H and O–H groups in total. The molecular formula is C23H24Cl2N4OS2. The molecule has 0 spiro atoms. The first kappa shape index (κ1) is 24.7. The molecule has 1 amide bonds. The van der Waals surface area contributed by atoms with E-state index in [2.05, 4.69) is 34.2 Å². The van der Waals surface area contributed by atoms with Gasteiger partial charge in [0, 0.05) is 18.8 Å². The fourth-order valence-electron chi connectivity index (χ4n) is 2.91. The molecule has 3 rings (SSSR count). The number of benzene rings is 2. The average molecular weight is 508 g/mol. The number of allylic oxidation sites excluding steroid dienone is 1. The van der Waals surface area contributed by atoms with Crippen LogP contribution in [0.5, 0.6) is 0 Å². The number of carbonyl (C=O) groups is 1. The zero-order valence-electron chi connectivity index (χ0n) is 17.5. The third-order valence-corrected chi connectivity index (χ3v) is 7.21. The molecule has 3 aromatic rings. The Hall–Kier alpha value is -1.93.